The van der Waals surface area contributed by atoms with Crippen LogP contribution >= 0.6 is 0 Å². The molecule has 0 spiro atoms. The van der Waals surface area contributed by atoms with E-state index in [-0.39, 0.29) is 5.82 Å². The highest BCUT2D eigenvalue weighted by molar-refractivity contribution is 5.89. The number of benzene rings is 1. The first-order valence-corrected chi connectivity index (χ1v) is 6.13. The molecule has 2 aromatic rings. The van der Waals surface area contributed by atoms with Gasteiger partial charge in [-0.15, -0.1) is 0 Å². The van der Waals surface area contributed by atoms with Crippen LogP contribution in [-0.2, 0) is 5.79 Å². The summed E-state index contributed by atoms with van der Waals surface area (Å²) in [6.45, 7) is 1.68. The fourth-order valence-electron chi connectivity index (χ4n) is 2.10. The minimum absolute atomic E-state index is 0.278. The number of fused-ring (bicyclic) bond motifs is 1. The van der Waals surface area contributed by atoms with Gasteiger partial charge in [0.25, 0.3) is 0 Å². The average Bonchev–Trinajstić information content (AvgIpc) is 2.41. The Morgan fingerprint density at radius 1 is 1.25 bits per heavy atom. The van der Waals surface area contributed by atoms with Crippen molar-refractivity contribution < 1.29 is 4.39 Å². The molecule has 0 aliphatic carbocycles. The molecule has 102 valence electrons. The van der Waals surface area contributed by atoms with Crippen molar-refractivity contribution in [2.24, 2.45) is 10.7 Å². The SMILES string of the molecule is Cc1cc(C2(N)N=Cc3ccc(N)nc3N2)ccc1F. The lowest BCUT2D eigenvalue weighted by molar-refractivity contribution is 0.534. The van der Waals surface area contributed by atoms with E-state index in [1.165, 1.54) is 6.07 Å². The van der Waals surface area contributed by atoms with Crippen LogP contribution < -0.4 is 16.8 Å². The maximum Gasteiger partial charge on any atom is 0.210 e. The molecule has 0 bridgehead atoms. The molecule has 1 aromatic carbocycles. The molecule has 6 heteroatoms. The second-order valence-corrected chi connectivity index (χ2v) is 4.79. The molecule has 0 fully saturated rings. The van der Waals surface area contributed by atoms with E-state index in [2.05, 4.69) is 15.3 Å². The summed E-state index contributed by atoms with van der Waals surface area (Å²) >= 11 is 0. The van der Waals surface area contributed by atoms with E-state index < -0.39 is 5.79 Å². The highest BCUT2D eigenvalue weighted by atomic mass is 19.1. The fraction of sp³-hybridized carbons (Fsp3) is 0.143. The Kier molecular flexibility index (Phi) is 2.69. The van der Waals surface area contributed by atoms with Crippen LogP contribution in [0, 0.1) is 12.7 Å². The number of nitrogen functional groups attached to an aromatic ring is 1. The summed E-state index contributed by atoms with van der Waals surface area (Å²) in [6.07, 6.45) is 1.64. The standard InChI is InChI=1S/C14H14FN5/c1-8-6-10(3-4-11(8)15)14(17)18-7-9-2-5-12(16)19-13(9)20-14/h2-7H,17H2,1H3,(H3,16,19,20). The van der Waals surface area contributed by atoms with E-state index in [0.29, 0.717) is 22.8 Å². The molecule has 1 atom stereocenters. The number of aromatic nitrogens is 1. The predicted octanol–water partition coefficient (Wildman–Crippen LogP) is 1.72. The fourth-order valence-corrected chi connectivity index (χ4v) is 2.10. The van der Waals surface area contributed by atoms with Crippen molar-refractivity contribution in [1.29, 1.82) is 0 Å². The summed E-state index contributed by atoms with van der Waals surface area (Å²) in [6, 6.07) is 8.14. The maximum absolute atomic E-state index is 13.4. The molecular formula is C14H14FN5. The maximum atomic E-state index is 13.4. The van der Waals surface area contributed by atoms with Crippen molar-refractivity contribution in [1.82, 2.24) is 4.98 Å². The van der Waals surface area contributed by atoms with Gasteiger partial charge in [-0.2, -0.15) is 0 Å². The number of aryl methyl sites for hydroxylation is 1. The molecule has 1 unspecified atom stereocenters. The van der Waals surface area contributed by atoms with Crippen molar-refractivity contribution in [2.75, 3.05) is 11.1 Å². The Hall–Kier alpha value is -2.47. The van der Waals surface area contributed by atoms with Crippen molar-refractivity contribution in [2.45, 2.75) is 12.7 Å². The highest BCUT2D eigenvalue weighted by Gasteiger charge is 2.30. The van der Waals surface area contributed by atoms with Gasteiger partial charge in [-0.25, -0.2) is 14.4 Å². The first kappa shape index (κ1) is 12.6. The highest BCUT2D eigenvalue weighted by Crippen LogP contribution is 2.29. The van der Waals surface area contributed by atoms with E-state index in [4.69, 9.17) is 11.5 Å². The molecule has 5 N–H and O–H groups in total. The normalized spacial score (nSPS) is 20.4. The average molecular weight is 271 g/mol. The Labute approximate surface area is 115 Å². The number of aliphatic imine (C=N–C) groups is 1. The van der Waals surface area contributed by atoms with Gasteiger partial charge < -0.3 is 11.1 Å². The van der Waals surface area contributed by atoms with Gasteiger partial charge in [0, 0.05) is 17.3 Å². The number of nitrogens with zero attached hydrogens (tertiary/aromatic N) is 2. The molecule has 0 saturated heterocycles. The first-order chi connectivity index (χ1) is 9.48. The molecule has 0 radical (unpaired) electrons. The molecule has 5 nitrogen and oxygen atoms in total. The van der Waals surface area contributed by atoms with Gasteiger partial charge >= 0.3 is 0 Å². The number of pyridine rings is 1. The minimum Gasteiger partial charge on any atom is -0.384 e. The van der Waals surface area contributed by atoms with E-state index in [0.717, 1.165) is 5.56 Å². The number of nitrogens with two attached hydrogens (primary N) is 2. The summed E-state index contributed by atoms with van der Waals surface area (Å²) in [5, 5.41) is 3.04. The monoisotopic (exact) mass is 271 g/mol. The van der Waals surface area contributed by atoms with Crippen LogP contribution in [-0.4, -0.2) is 11.2 Å². The second kappa shape index (κ2) is 4.28. The summed E-state index contributed by atoms with van der Waals surface area (Å²) in [4.78, 5) is 8.51. The Balaban J connectivity index is 2.04. The number of anilines is 2. The van der Waals surface area contributed by atoms with Crippen LogP contribution in [0.25, 0.3) is 0 Å². The smallest absolute Gasteiger partial charge is 0.210 e. The number of hydrogen-bond donors (Lipinski definition) is 3. The summed E-state index contributed by atoms with van der Waals surface area (Å²) in [7, 11) is 0. The van der Waals surface area contributed by atoms with E-state index in [1.807, 2.05) is 6.07 Å². The molecule has 0 amide bonds. The van der Waals surface area contributed by atoms with Gasteiger partial charge in [-0.3, -0.25) is 5.73 Å². The largest absolute Gasteiger partial charge is 0.384 e. The van der Waals surface area contributed by atoms with Crippen molar-refractivity contribution in [3.05, 3.63) is 52.8 Å². The lowest BCUT2D eigenvalue weighted by Gasteiger charge is -2.31. The van der Waals surface area contributed by atoms with Gasteiger partial charge in [-0.1, -0.05) is 6.07 Å². The topological polar surface area (TPSA) is 89.3 Å². The van der Waals surface area contributed by atoms with Crippen LogP contribution in [0.15, 0.2) is 35.3 Å². The third-order valence-electron chi connectivity index (χ3n) is 3.26. The van der Waals surface area contributed by atoms with Crippen LogP contribution in [0.2, 0.25) is 0 Å². The van der Waals surface area contributed by atoms with Crippen LogP contribution in [0.3, 0.4) is 0 Å². The molecule has 0 saturated carbocycles. The summed E-state index contributed by atoms with van der Waals surface area (Å²) < 4.78 is 13.4. The van der Waals surface area contributed by atoms with E-state index in [9.17, 15) is 4.39 Å². The third-order valence-corrected chi connectivity index (χ3v) is 3.26. The quantitative estimate of drug-likeness (QED) is 0.736. The zero-order valence-corrected chi connectivity index (χ0v) is 10.9. The van der Waals surface area contributed by atoms with Crippen LogP contribution in [0.5, 0.6) is 0 Å². The Morgan fingerprint density at radius 2 is 2.05 bits per heavy atom. The second-order valence-electron chi connectivity index (χ2n) is 4.79. The predicted molar refractivity (Wildman–Crippen MR) is 76.9 cm³/mol. The molecule has 1 aromatic heterocycles. The van der Waals surface area contributed by atoms with Gasteiger partial charge in [0.15, 0.2) is 0 Å². The van der Waals surface area contributed by atoms with Crippen LogP contribution in [0.1, 0.15) is 16.7 Å². The molecule has 1 aliphatic rings. The zero-order chi connectivity index (χ0) is 14.3. The van der Waals surface area contributed by atoms with Gasteiger partial charge in [-0.05, 0) is 36.8 Å². The summed E-state index contributed by atoms with van der Waals surface area (Å²) in [5.74, 6) is -0.500. The van der Waals surface area contributed by atoms with Crippen molar-refractivity contribution >= 4 is 17.9 Å². The number of nitrogens with one attached hydrogen (secondary N) is 1. The number of halogens is 1. The Bertz CT molecular complexity index is 713. The third kappa shape index (κ3) is 2.00. The molecule has 3 rings (SSSR count). The first-order valence-electron chi connectivity index (χ1n) is 6.13. The van der Waals surface area contributed by atoms with Gasteiger partial charge in [0.1, 0.15) is 17.5 Å². The lowest BCUT2D eigenvalue weighted by atomic mass is 10.0. The molecular weight excluding hydrogens is 257 g/mol. The minimum atomic E-state index is -1.17. The van der Waals surface area contributed by atoms with E-state index >= 15 is 0 Å². The Morgan fingerprint density at radius 3 is 2.80 bits per heavy atom. The zero-order valence-electron chi connectivity index (χ0n) is 10.9. The van der Waals surface area contributed by atoms with Crippen molar-refractivity contribution in [3.8, 4) is 0 Å². The molecule has 2 heterocycles. The van der Waals surface area contributed by atoms with Gasteiger partial charge in [0.2, 0.25) is 5.79 Å². The van der Waals surface area contributed by atoms with Gasteiger partial charge in [0.05, 0.1) is 0 Å². The van der Waals surface area contributed by atoms with Crippen LogP contribution in [0.4, 0.5) is 16.0 Å². The summed E-state index contributed by atoms with van der Waals surface area (Å²) in [5.41, 5.74) is 13.9. The molecule has 20 heavy (non-hydrogen) atoms. The van der Waals surface area contributed by atoms with Crippen molar-refractivity contribution in [3.63, 3.8) is 0 Å². The molecule has 1 aliphatic heterocycles. The number of rotatable bonds is 1. The number of hydrogen-bond acceptors (Lipinski definition) is 5. The lowest BCUT2D eigenvalue weighted by Crippen LogP contribution is -2.45. The van der Waals surface area contributed by atoms with E-state index in [1.54, 1.807) is 31.3 Å².